The molecule has 2 saturated carbocycles. The zero-order chi connectivity index (χ0) is 17.8. The van der Waals surface area contributed by atoms with Crippen LogP contribution in [-0.4, -0.2) is 9.55 Å². The van der Waals surface area contributed by atoms with Crippen LogP contribution in [0.15, 0.2) is 61.2 Å². The van der Waals surface area contributed by atoms with Crippen LogP contribution < -0.4 is 10.4 Å². The van der Waals surface area contributed by atoms with Crippen molar-refractivity contribution < 1.29 is 0 Å². The van der Waals surface area contributed by atoms with Gasteiger partial charge in [0.25, 0.3) is 0 Å². The van der Waals surface area contributed by atoms with Crippen LogP contribution in [0.1, 0.15) is 38.5 Å². The van der Waals surface area contributed by atoms with Crippen molar-refractivity contribution in [3.05, 3.63) is 71.6 Å². The summed E-state index contributed by atoms with van der Waals surface area (Å²) in [7, 11) is 0. The first kappa shape index (κ1) is 15.2. The Bertz CT molecular complexity index is 1210. The third kappa shape index (κ3) is 2.22. The average Bonchev–Trinajstić information content (AvgIpc) is 3.07. The smallest absolute Gasteiger partial charge is 0.0449 e. The molecular formula is C25H22N2. The van der Waals surface area contributed by atoms with Gasteiger partial charge in [-0.2, -0.15) is 0 Å². The monoisotopic (exact) mass is 350 g/mol. The number of hydrogen-bond acceptors (Lipinski definition) is 1. The van der Waals surface area contributed by atoms with E-state index in [9.17, 15) is 0 Å². The Balaban J connectivity index is 1.85. The minimum Gasteiger partial charge on any atom is -0.323 e. The lowest BCUT2D eigenvalue weighted by atomic mass is 9.84. The van der Waals surface area contributed by atoms with Crippen molar-refractivity contribution in [3.8, 4) is 5.69 Å². The third-order valence-corrected chi connectivity index (χ3v) is 6.40. The summed E-state index contributed by atoms with van der Waals surface area (Å²) < 4.78 is 2.31. The highest BCUT2D eigenvalue weighted by molar-refractivity contribution is 6.02. The standard InChI is InChI=1S/C25H22N2/c1-2-10-19(11-3-1)27-15-22-23(16-27)25(18-8-5-9-18)21-14-26-13-12-20(21)24(22)17-6-4-7-17/h1-3,10-16H,4-9H2. The quantitative estimate of drug-likeness (QED) is 0.480. The molecule has 2 heteroatoms. The van der Waals surface area contributed by atoms with Crippen LogP contribution in [0.25, 0.3) is 38.4 Å². The summed E-state index contributed by atoms with van der Waals surface area (Å²) in [5.74, 6) is 0. The molecule has 132 valence electrons. The molecule has 27 heavy (non-hydrogen) atoms. The molecule has 4 aromatic rings. The maximum Gasteiger partial charge on any atom is 0.0449 e. The highest BCUT2D eigenvalue weighted by Gasteiger charge is 2.19. The molecule has 0 N–H and O–H groups in total. The van der Waals surface area contributed by atoms with Crippen molar-refractivity contribution >= 4 is 32.7 Å². The van der Waals surface area contributed by atoms with Gasteiger partial charge in [-0.05, 0) is 72.5 Å². The Kier molecular flexibility index (Phi) is 3.28. The van der Waals surface area contributed by atoms with Gasteiger partial charge >= 0.3 is 0 Å². The fourth-order valence-corrected chi connectivity index (χ4v) is 4.67. The number of aromatic nitrogens is 2. The molecule has 0 radical (unpaired) electrons. The van der Waals surface area contributed by atoms with E-state index in [4.69, 9.17) is 0 Å². The van der Waals surface area contributed by atoms with Gasteiger partial charge in [0, 0.05) is 46.6 Å². The van der Waals surface area contributed by atoms with E-state index in [1.54, 1.807) is 11.1 Å². The fraction of sp³-hybridized carbons (Fsp3) is 0.240. The van der Waals surface area contributed by atoms with E-state index >= 15 is 0 Å². The van der Waals surface area contributed by atoms with Crippen LogP contribution in [0.3, 0.4) is 0 Å². The highest BCUT2D eigenvalue weighted by Crippen LogP contribution is 2.31. The molecule has 0 atom stereocenters. The van der Waals surface area contributed by atoms with E-state index in [1.165, 1.54) is 76.2 Å². The predicted octanol–water partition coefficient (Wildman–Crippen LogP) is 4.85. The zero-order valence-electron chi connectivity index (χ0n) is 15.4. The Hall–Kier alpha value is -2.87. The first-order chi connectivity index (χ1) is 13.4. The molecule has 0 bridgehead atoms. The predicted molar refractivity (Wildman–Crippen MR) is 112 cm³/mol. The Morgan fingerprint density at radius 3 is 1.89 bits per heavy atom. The summed E-state index contributed by atoms with van der Waals surface area (Å²) in [6.07, 6.45) is 16.3. The number of fused-ring (bicyclic) bond motifs is 2. The van der Waals surface area contributed by atoms with Crippen molar-refractivity contribution in [3.63, 3.8) is 0 Å². The molecule has 0 amide bonds. The van der Waals surface area contributed by atoms with Crippen molar-refractivity contribution in [2.24, 2.45) is 0 Å². The second kappa shape index (κ2) is 5.82. The van der Waals surface area contributed by atoms with Crippen LogP contribution in [0, 0.1) is 0 Å². The van der Waals surface area contributed by atoms with Gasteiger partial charge < -0.3 is 4.57 Å². The Labute approximate surface area is 158 Å². The first-order valence-electron chi connectivity index (χ1n) is 10.1. The molecular weight excluding hydrogens is 328 g/mol. The average molecular weight is 350 g/mol. The lowest BCUT2D eigenvalue weighted by Crippen LogP contribution is -2.22. The van der Waals surface area contributed by atoms with Crippen molar-refractivity contribution in [1.82, 2.24) is 9.55 Å². The summed E-state index contributed by atoms with van der Waals surface area (Å²) in [5, 5.41) is 8.50. The van der Waals surface area contributed by atoms with E-state index in [0.29, 0.717) is 0 Å². The van der Waals surface area contributed by atoms with Crippen LogP contribution in [-0.2, 0) is 0 Å². The second-order valence-electron chi connectivity index (χ2n) is 7.91. The van der Waals surface area contributed by atoms with Gasteiger partial charge in [-0.25, -0.2) is 0 Å². The van der Waals surface area contributed by atoms with Crippen molar-refractivity contribution in [2.45, 2.75) is 38.5 Å². The lowest BCUT2D eigenvalue weighted by molar-refractivity contribution is 0.753. The number of nitrogens with zero attached hydrogens (tertiary/aromatic N) is 2. The van der Waals surface area contributed by atoms with Gasteiger partial charge in [-0.3, -0.25) is 4.98 Å². The number of benzene rings is 2. The SMILES string of the molecule is c1ccc(-n2cc3c(=C4CCC4)c4ccncc4c(=C4CCC4)c3c2)cc1. The minimum absolute atomic E-state index is 1.23. The number of rotatable bonds is 1. The van der Waals surface area contributed by atoms with Crippen LogP contribution in [0.4, 0.5) is 0 Å². The van der Waals surface area contributed by atoms with Gasteiger partial charge in [-0.15, -0.1) is 0 Å². The van der Waals surface area contributed by atoms with Gasteiger partial charge in [-0.1, -0.05) is 29.3 Å². The molecule has 2 nitrogen and oxygen atoms in total. The molecule has 2 aliphatic carbocycles. The summed E-state index contributed by atoms with van der Waals surface area (Å²) in [6.45, 7) is 0. The third-order valence-electron chi connectivity index (χ3n) is 6.40. The highest BCUT2D eigenvalue weighted by atomic mass is 14.9. The summed E-state index contributed by atoms with van der Waals surface area (Å²) in [5.41, 5.74) is 4.45. The topological polar surface area (TPSA) is 17.8 Å². The molecule has 0 saturated heterocycles. The molecule has 2 aliphatic rings. The van der Waals surface area contributed by atoms with E-state index in [1.807, 2.05) is 6.20 Å². The molecule has 6 rings (SSSR count). The normalized spacial score (nSPS) is 16.6. The number of hydrogen-bond donors (Lipinski definition) is 0. The van der Waals surface area contributed by atoms with Crippen molar-refractivity contribution in [2.75, 3.05) is 0 Å². The molecule has 0 aliphatic heterocycles. The van der Waals surface area contributed by atoms with E-state index in [-0.39, 0.29) is 0 Å². The lowest BCUT2D eigenvalue weighted by Gasteiger charge is -2.20. The molecule has 0 spiro atoms. The zero-order valence-corrected chi connectivity index (χ0v) is 15.4. The Morgan fingerprint density at radius 2 is 1.30 bits per heavy atom. The van der Waals surface area contributed by atoms with E-state index in [0.717, 1.165) is 0 Å². The van der Waals surface area contributed by atoms with Gasteiger partial charge in [0.1, 0.15) is 0 Å². The largest absolute Gasteiger partial charge is 0.323 e. The number of para-hydroxylation sites is 1. The van der Waals surface area contributed by atoms with Gasteiger partial charge in [0.2, 0.25) is 0 Å². The summed E-state index contributed by atoms with van der Waals surface area (Å²) in [6, 6.07) is 12.9. The summed E-state index contributed by atoms with van der Waals surface area (Å²) in [4.78, 5) is 4.50. The Morgan fingerprint density at radius 1 is 0.667 bits per heavy atom. The van der Waals surface area contributed by atoms with Crippen LogP contribution in [0.5, 0.6) is 0 Å². The van der Waals surface area contributed by atoms with Gasteiger partial charge in [0.15, 0.2) is 0 Å². The van der Waals surface area contributed by atoms with E-state index in [2.05, 4.69) is 64.5 Å². The first-order valence-corrected chi connectivity index (χ1v) is 10.1. The molecule has 2 fully saturated rings. The molecule has 2 aromatic heterocycles. The van der Waals surface area contributed by atoms with E-state index < -0.39 is 0 Å². The summed E-state index contributed by atoms with van der Waals surface area (Å²) >= 11 is 0. The second-order valence-corrected chi connectivity index (χ2v) is 7.91. The van der Waals surface area contributed by atoms with Gasteiger partial charge in [0.05, 0.1) is 0 Å². The van der Waals surface area contributed by atoms with Crippen molar-refractivity contribution in [1.29, 1.82) is 0 Å². The number of pyridine rings is 1. The minimum atomic E-state index is 1.23. The molecule has 2 heterocycles. The maximum atomic E-state index is 4.50. The molecule has 0 unspecified atom stereocenters. The van der Waals surface area contributed by atoms with Crippen LogP contribution >= 0.6 is 0 Å². The molecule has 2 aromatic carbocycles. The van der Waals surface area contributed by atoms with Crippen LogP contribution in [0.2, 0.25) is 0 Å². The fourth-order valence-electron chi connectivity index (χ4n) is 4.67. The maximum absolute atomic E-state index is 4.50.